The monoisotopic (exact) mass is 639 g/mol. The summed E-state index contributed by atoms with van der Waals surface area (Å²) in [7, 11) is 0. The van der Waals surface area contributed by atoms with Crippen molar-refractivity contribution in [3.8, 4) is 0 Å². The van der Waals surface area contributed by atoms with E-state index >= 15 is 0 Å². The van der Waals surface area contributed by atoms with Gasteiger partial charge in [0.1, 0.15) is 0 Å². The molecule has 0 aliphatic carbocycles. The molecule has 0 amide bonds. The number of nitrogens with zero attached hydrogens (tertiary/aromatic N) is 2. The van der Waals surface area contributed by atoms with Crippen LogP contribution >= 0.6 is 0 Å². The molecule has 3 aromatic heterocycles. The number of hydrogen-bond donors (Lipinski definition) is 5. The number of unbranched alkanes of at least 4 members (excludes halogenated alkanes) is 3. The highest BCUT2D eigenvalue weighted by Gasteiger charge is 2.32. The van der Waals surface area contributed by atoms with Gasteiger partial charge in [0.15, 0.2) is 0 Å². The standard InChI is InChI=1S/C38H49N5O4/c1-8-10-11-12-15-39-19-27-22(5)28-16-30-21(4)26(13-14-34(44)45)36(42-30)24(7)37-35(38(46)47)23(6)31(43-37)18-32-25(9-2)20(3)29(40-32)17-33(27)41-28/h16-18,21,26,39-40,43H,8-15,19H2,1-7H3,(H,44,45)(H,46,47)/t21-,26-/m0/s1. The second kappa shape index (κ2) is 14.3. The number of aromatic nitrogens is 4. The highest BCUT2D eigenvalue weighted by Crippen LogP contribution is 2.42. The predicted molar refractivity (Wildman–Crippen MR) is 189 cm³/mol. The van der Waals surface area contributed by atoms with Crippen LogP contribution in [0.3, 0.4) is 0 Å². The lowest BCUT2D eigenvalue weighted by Crippen LogP contribution is -2.18. The maximum atomic E-state index is 12.7. The summed E-state index contributed by atoms with van der Waals surface area (Å²) >= 11 is 0. The Kier molecular flexibility index (Phi) is 10.3. The van der Waals surface area contributed by atoms with Gasteiger partial charge in [0.25, 0.3) is 0 Å². The lowest BCUT2D eigenvalue weighted by atomic mass is 9.85. The zero-order valence-corrected chi connectivity index (χ0v) is 28.9. The molecule has 9 nitrogen and oxygen atoms in total. The normalized spacial score (nSPS) is 16.2. The van der Waals surface area contributed by atoms with Gasteiger partial charge in [-0.2, -0.15) is 0 Å². The van der Waals surface area contributed by atoms with Gasteiger partial charge in [0.05, 0.1) is 22.5 Å². The zero-order valence-electron chi connectivity index (χ0n) is 28.9. The fraction of sp³-hybridized carbons (Fsp3) is 0.474. The van der Waals surface area contributed by atoms with Crippen LogP contribution in [-0.4, -0.2) is 55.2 Å². The number of carbonyl (C=O) groups is 2. The first-order valence-electron chi connectivity index (χ1n) is 17.1. The van der Waals surface area contributed by atoms with E-state index in [1.165, 1.54) is 24.8 Å². The second-order valence-corrected chi connectivity index (χ2v) is 13.2. The molecule has 0 radical (unpaired) electrons. The first kappa shape index (κ1) is 34.1. The molecule has 0 unspecified atom stereocenters. The number of fused-ring (bicyclic) bond motifs is 8. The average molecular weight is 640 g/mol. The summed E-state index contributed by atoms with van der Waals surface area (Å²) in [6.07, 6.45) is 6.01. The molecule has 5 heterocycles. The van der Waals surface area contributed by atoms with Crippen molar-refractivity contribution >= 4 is 45.2 Å². The van der Waals surface area contributed by atoms with Crippen LogP contribution in [0.2, 0.25) is 0 Å². The number of carboxylic acids is 2. The summed E-state index contributed by atoms with van der Waals surface area (Å²) < 4.78 is 0. The summed E-state index contributed by atoms with van der Waals surface area (Å²) in [5.41, 5.74) is 12.6. The number of aromatic carboxylic acids is 1. The molecule has 0 saturated carbocycles. The number of carboxylic acid groups (broad SMARTS) is 2. The molecule has 2 atom stereocenters. The van der Waals surface area contributed by atoms with Gasteiger partial charge in [-0.25, -0.2) is 9.78 Å². The topological polar surface area (TPSA) is 144 Å². The first-order chi connectivity index (χ1) is 22.5. The Bertz CT molecular complexity index is 1900. The SMILES string of the molecule is CCCCCCNCC1=C(C)c2cc3nc(c(C)c4[nH]c(cc5[nH]c(cc1n2)c(C)c5CC)c(C)c4C(=O)O)[C@@H](CCC(=O)O)[C@@H]3C. The number of nitrogens with one attached hydrogen (secondary N) is 3. The number of aromatic amines is 2. The minimum atomic E-state index is -1.02. The fourth-order valence-corrected chi connectivity index (χ4v) is 7.22. The molecule has 9 heteroatoms. The van der Waals surface area contributed by atoms with Gasteiger partial charge < -0.3 is 25.5 Å². The number of aliphatic carboxylic acids is 1. The van der Waals surface area contributed by atoms with Crippen LogP contribution in [0.1, 0.15) is 133 Å². The Morgan fingerprint density at radius 1 is 0.872 bits per heavy atom. The fourth-order valence-electron chi connectivity index (χ4n) is 7.22. The van der Waals surface area contributed by atoms with Crippen molar-refractivity contribution in [1.82, 2.24) is 25.3 Å². The van der Waals surface area contributed by atoms with Gasteiger partial charge in [0.2, 0.25) is 0 Å². The number of rotatable bonds is 12. The van der Waals surface area contributed by atoms with E-state index < -0.39 is 11.9 Å². The lowest BCUT2D eigenvalue weighted by Gasteiger charge is -2.16. The summed E-state index contributed by atoms with van der Waals surface area (Å²) in [6.45, 7) is 16.0. The van der Waals surface area contributed by atoms with Gasteiger partial charge in [0, 0.05) is 52.7 Å². The molecule has 8 bridgehead atoms. The molecule has 0 saturated heterocycles. The van der Waals surface area contributed by atoms with Crippen LogP contribution < -0.4 is 5.32 Å². The van der Waals surface area contributed by atoms with Crippen molar-refractivity contribution in [2.75, 3.05) is 13.1 Å². The van der Waals surface area contributed by atoms with Gasteiger partial charge >= 0.3 is 11.9 Å². The van der Waals surface area contributed by atoms with E-state index in [4.69, 9.17) is 9.97 Å². The Morgan fingerprint density at radius 3 is 2.30 bits per heavy atom. The Labute approximate surface area is 277 Å². The molecular formula is C38H49N5O4. The van der Waals surface area contributed by atoms with E-state index in [0.717, 1.165) is 75.5 Å². The van der Waals surface area contributed by atoms with E-state index in [1.807, 2.05) is 26.0 Å². The van der Waals surface area contributed by atoms with E-state index in [-0.39, 0.29) is 23.8 Å². The number of H-pyrrole nitrogens is 2. The number of allylic oxidation sites excluding steroid dienone is 1. The highest BCUT2D eigenvalue weighted by molar-refractivity contribution is 6.02. The van der Waals surface area contributed by atoms with Crippen LogP contribution in [-0.2, 0) is 11.2 Å². The molecule has 5 N–H and O–H groups in total. The van der Waals surface area contributed by atoms with Crippen molar-refractivity contribution in [1.29, 1.82) is 0 Å². The molecule has 250 valence electrons. The quantitative estimate of drug-likeness (QED) is 0.125. The molecule has 3 aromatic rings. The lowest BCUT2D eigenvalue weighted by molar-refractivity contribution is -0.137. The summed E-state index contributed by atoms with van der Waals surface area (Å²) in [6, 6.07) is 6.19. The van der Waals surface area contributed by atoms with Crippen molar-refractivity contribution in [2.24, 2.45) is 0 Å². The molecule has 0 fully saturated rings. The molecule has 5 rings (SSSR count). The third-order valence-electron chi connectivity index (χ3n) is 10.2. The third kappa shape index (κ3) is 6.77. The third-order valence-corrected chi connectivity index (χ3v) is 10.2. The molecule has 0 aromatic carbocycles. The minimum absolute atomic E-state index is 0.00191. The maximum Gasteiger partial charge on any atom is 0.338 e. The van der Waals surface area contributed by atoms with Crippen molar-refractivity contribution in [3.63, 3.8) is 0 Å². The van der Waals surface area contributed by atoms with Crippen LogP contribution in [0.5, 0.6) is 0 Å². The van der Waals surface area contributed by atoms with Gasteiger partial charge in [-0.3, -0.25) is 9.78 Å². The van der Waals surface area contributed by atoms with Crippen molar-refractivity contribution in [2.45, 2.75) is 105 Å². The van der Waals surface area contributed by atoms with Gasteiger partial charge in [-0.05, 0) is 105 Å². The van der Waals surface area contributed by atoms with Crippen LogP contribution in [0.4, 0.5) is 0 Å². The van der Waals surface area contributed by atoms with E-state index in [0.29, 0.717) is 29.6 Å². The van der Waals surface area contributed by atoms with Crippen molar-refractivity contribution in [3.05, 3.63) is 68.8 Å². The largest absolute Gasteiger partial charge is 0.481 e. The summed E-state index contributed by atoms with van der Waals surface area (Å²) in [5.74, 6) is -2.14. The van der Waals surface area contributed by atoms with Crippen LogP contribution in [0.25, 0.3) is 33.2 Å². The van der Waals surface area contributed by atoms with Gasteiger partial charge in [-0.15, -0.1) is 0 Å². The van der Waals surface area contributed by atoms with Crippen LogP contribution in [0, 0.1) is 20.8 Å². The van der Waals surface area contributed by atoms with E-state index in [9.17, 15) is 19.8 Å². The van der Waals surface area contributed by atoms with Gasteiger partial charge in [-0.1, -0.05) is 40.0 Å². The summed E-state index contributed by atoms with van der Waals surface area (Å²) in [5, 5.41) is 23.6. The Morgan fingerprint density at radius 2 is 1.62 bits per heavy atom. The molecule has 2 aliphatic rings. The maximum absolute atomic E-state index is 12.7. The molecular weight excluding hydrogens is 590 g/mol. The molecule has 0 spiro atoms. The summed E-state index contributed by atoms with van der Waals surface area (Å²) in [4.78, 5) is 41.7. The van der Waals surface area contributed by atoms with E-state index in [2.05, 4.69) is 56.0 Å². The molecule has 2 aliphatic heterocycles. The predicted octanol–water partition coefficient (Wildman–Crippen LogP) is 8.35. The average Bonchev–Trinajstić information content (AvgIpc) is 3.71. The highest BCUT2D eigenvalue weighted by atomic mass is 16.4. The number of hydrogen-bond acceptors (Lipinski definition) is 5. The van der Waals surface area contributed by atoms with Crippen molar-refractivity contribution < 1.29 is 19.8 Å². The minimum Gasteiger partial charge on any atom is -0.481 e. The zero-order chi connectivity index (χ0) is 34.0. The smallest absolute Gasteiger partial charge is 0.338 e. The Balaban J connectivity index is 1.82. The Hall–Kier alpha value is -4.24. The van der Waals surface area contributed by atoms with E-state index in [1.54, 1.807) is 0 Å². The number of aryl methyl sites for hydroxylation is 4. The second-order valence-electron chi connectivity index (χ2n) is 13.2. The first-order valence-corrected chi connectivity index (χ1v) is 17.1. The van der Waals surface area contributed by atoms with Crippen LogP contribution in [0.15, 0.2) is 18.2 Å². The molecule has 47 heavy (non-hydrogen) atoms.